The molecule has 21 heavy (non-hydrogen) atoms. The van der Waals surface area contributed by atoms with Gasteiger partial charge in [-0.15, -0.1) is 24.2 Å². The Morgan fingerprint density at radius 2 is 2.00 bits per heavy atom. The maximum atomic E-state index is 13.2. The number of benzene rings is 1. The number of alkyl halides is 2. The van der Waals surface area contributed by atoms with Crippen molar-refractivity contribution in [1.29, 1.82) is 0 Å². The quantitative estimate of drug-likeness (QED) is 0.778. The topological polar surface area (TPSA) is 55.1 Å². The third-order valence-corrected chi connectivity index (χ3v) is 3.85. The molecule has 0 heterocycles. The second-order valence-corrected chi connectivity index (χ2v) is 5.54. The zero-order valence-corrected chi connectivity index (χ0v) is 13.2. The molecule has 8 heteroatoms. The maximum Gasteiger partial charge on any atom is 0.247 e. The van der Waals surface area contributed by atoms with Gasteiger partial charge in [0.1, 0.15) is 5.82 Å². The highest BCUT2D eigenvalue weighted by Crippen LogP contribution is 2.29. The lowest BCUT2D eigenvalue weighted by Gasteiger charge is -2.17. The van der Waals surface area contributed by atoms with Crippen LogP contribution in [0.25, 0.3) is 0 Å². The highest BCUT2D eigenvalue weighted by molar-refractivity contribution is 7.99. The molecular weight excluding hydrogens is 325 g/mol. The molecule has 1 aromatic rings. The molecule has 0 saturated heterocycles. The van der Waals surface area contributed by atoms with Crippen LogP contribution in [0.15, 0.2) is 23.1 Å². The number of rotatable bonds is 6. The van der Waals surface area contributed by atoms with E-state index in [1.54, 1.807) is 13.8 Å². The average Bonchev–Trinajstić information content (AvgIpc) is 2.36. The molecule has 0 fully saturated rings. The minimum Gasteiger partial charge on any atom is -0.327 e. The Hall–Kier alpha value is -0.920. The van der Waals surface area contributed by atoms with Crippen molar-refractivity contribution in [3.63, 3.8) is 0 Å². The van der Waals surface area contributed by atoms with Crippen molar-refractivity contribution in [2.75, 3.05) is 11.1 Å². The Labute approximate surface area is 132 Å². The summed E-state index contributed by atoms with van der Waals surface area (Å²) in [6.07, 6.45) is -2.48. The summed E-state index contributed by atoms with van der Waals surface area (Å²) >= 11 is 0.863. The fourth-order valence-corrected chi connectivity index (χ4v) is 2.10. The third-order valence-electron chi connectivity index (χ3n) is 2.77. The van der Waals surface area contributed by atoms with Crippen molar-refractivity contribution in [3.8, 4) is 0 Å². The van der Waals surface area contributed by atoms with Crippen LogP contribution >= 0.6 is 24.2 Å². The summed E-state index contributed by atoms with van der Waals surface area (Å²) in [7, 11) is 0. The van der Waals surface area contributed by atoms with Crippen LogP contribution < -0.4 is 11.1 Å². The van der Waals surface area contributed by atoms with Crippen LogP contribution in [0, 0.1) is 11.7 Å². The molecule has 2 atom stereocenters. The zero-order chi connectivity index (χ0) is 15.3. The lowest BCUT2D eigenvalue weighted by atomic mass is 10.0. The van der Waals surface area contributed by atoms with Gasteiger partial charge in [-0.05, 0) is 25.1 Å². The average molecular weight is 343 g/mol. The summed E-state index contributed by atoms with van der Waals surface area (Å²) in [5.41, 5.74) is 5.81. The van der Waals surface area contributed by atoms with E-state index in [9.17, 15) is 18.0 Å². The van der Waals surface area contributed by atoms with Crippen molar-refractivity contribution in [1.82, 2.24) is 0 Å². The number of thioether (sulfide) groups is 1. The van der Waals surface area contributed by atoms with Gasteiger partial charge in [-0.2, -0.15) is 0 Å². The van der Waals surface area contributed by atoms with Gasteiger partial charge in [-0.3, -0.25) is 4.79 Å². The van der Waals surface area contributed by atoms with Crippen LogP contribution in [0.4, 0.5) is 18.9 Å². The molecule has 1 aromatic carbocycles. The second-order valence-electron chi connectivity index (χ2n) is 4.48. The Bertz CT molecular complexity index is 475. The molecule has 0 saturated carbocycles. The van der Waals surface area contributed by atoms with Crippen LogP contribution in [0.5, 0.6) is 0 Å². The number of carbonyl (C=O) groups excluding carboxylic acids is 1. The fraction of sp³-hybridized carbons (Fsp3) is 0.462. The van der Waals surface area contributed by atoms with E-state index in [0.29, 0.717) is 4.90 Å². The first kappa shape index (κ1) is 20.1. The summed E-state index contributed by atoms with van der Waals surface area (Å²) in [5, 5.41) is 2.53. The molecule has 3 nitrogen and oxygen atoms in total. The van der Waals surface area contributed by atoms with E-state index in [4.69, 9.17) is 5.73 Å². The second kappa shape index (κ2) is 9.17. The van der Waals surface area contributed by atoms with Gasteiger partial charge in [-0.25, -0.2) is 13.2 Å². The van der Waals surface area contributed by atoms with Crippen molar-refractivity contribution in [2.45, 2.75) is 31.2 Å². The van der Waals surface area contributed by atoms with Crippen molar-refractivity contribution < 1.29 is 18.0 Å². The molecule has 1 rings (SSSR count). The normalized spacial score (nSPS) is 13.5. The first-order chi connectivity index (χ1) is 9.31. The summed E-state index contributed by atoms with van der Waals surface area (Å²) in [5.74, 6) is -1.80. The summed E-state index contributed by atoms with van der Waals surface area (Å²) in [4.78, 5) is 12.3. The minimum absolute atomic E-state index is 0. The van der Waals surface area contributed by atoms with Gasteiger partial charge < -0.3 is 11.1 Å². The smallest absolute Gasteiger partial charge is 0.247 e. The summed E-state index contributed by atoms with van der Waals surface area (Å²) < 4.78 is 37.7. The first-order valence-electron chi connectivity index (χ1n) is 6.08. The molecule has 0 spiro atoms. The minimum atomic E-state index is -2.48. The van der Waals surface area contributed by atoms with Gasteiger partial charge >= 0.3 is 0 Å². The van der Waals surface area contributed by atoms with E-state index < -0.39 is 23.9 Å². The number of nitrogens with one attached hydrogen (secondary N) is 1. The SMILES string of the molecule is CC(N)C(C)C(=O)Nc1cc(F)ccc1SCC(F)F.Cl. The molecule has 0 aliphatic rings. The molecule has 1 amide bonds. The van der Waals surface area contributed by atoms with E-state index in [-0.39, 0.29) is 30.0 Å². The highest BCUT2D eigenvalue weighted by atomic mass is 35.5. The third kappa shape index (κ3) is 6.58. The lowest BCUT2D eigenvalue weighted by molar-refractivity contribution is -0.119. The standard InChI is InChI=1S/C13H17F3N2OS.ClH/c1-7(8(2)17)13(19)18-10-5-9(14)3-4-11(10)20-6-12(15)16;/h3-5,7-8,12H,6,17H2,1-2H3,(H,18,19);1H. The van der Waals surface area contributed by atoms with Crippen molar-refractivity contribution in [3.05, 3.63) is 24.0 Å². The lowest BCUT2D eigenvalue weighted by Crippen LogP contribution is -2.34. The van der Waals surface area contributed by atoms with Gasteiger partial charge in [-0.1, -0.05) is 6.92 Å². The van der Waals surface area contributed by atoms with Crippen LogP contribution in [0.1, 0.15) is 13.8 Å². The number of hydrogen-bond donors (Lipinski definition) is 2. The highest BCUT2D eigenvalue weighted by Gasteiger charge is 2.19. The van der Waals surface area contributed by atoms with E-state index in [2.05, 4.69) is 5.32 Å². The predicted molar refractivity (Wildman–Crippen MR) is 81.8 cm³/mol. The Morgan fingerprint density at radius 3 is 2.52 bits per heavy atom. The maximum absolute atomic E-state index is 13.2. The summed E-state index contributed by atoms with van der Waals surface area (Å²) in [6.45, 7) is 3.33. The molecule has 0 bridgehead atoms. The number of anilines is 1. The van der Waals surface area contributed by atoms with Gasteiger partial charge in [0.2, 0.25) is 12.3 Å². The molecule has 120 valence electrons. The Balaban J connectivity index is 0.00000400. The molecular formula is C13H18ClF3N2OS. The summed E-state index contributed by atoms with van der Waals surface area (Å²) in [6, 6.07) is 3.28. The van der Waals surface area contributed by atoms with Crippen molar-refractivity contribution in [2.24, 2.45) is 11.7 Å². The predicted octanol–water partition coefficient (Wildman–Crippen LogP) is 3.53. The molecule has 0 radical (unpaired) electrons. The van der Waals surface area contributed by atoms with E-state index in [1.807, 2.05) is 0 Å². The molecule has 0 aromatic heterocycles. The molecule has 0 aliphatic heterocycles. The van der Waals surface area contributed by atoms with E-state index in [1.165, 1.54) is 12.1 Å². The Kier molecular flexibility index (Phi) is 8.77. The zero-order valence-electron chi connectivity index (χ0n) is 11.6. The number of amides is 1. The van der Waals surface area contributed by atoms with E-state index >= 15 is 0 Å². The first-order valence-corrected chi connectivity index (χ1v) is 7.06. The number of halogens is 4. The van der Waals surface area contributed by atoms with Crippen LogP contribution in [0.2, 0.25) is 0 Å². The van der Waals surface area contributed by atoms with Crippen LogP contribution in [-0.4, -0.2) is 24.1 Å². The van der Waals surface area contributed by atoms with E-state index in [0.717, 1.165) is 17.8 Å². The van der Waals surface area contributed by atoms with Crippen LogP contribution in [0.3, 0.4) is 0 Å². The molecule has 3 N–H and O–H groups in total. The van der Waals surface area contributed by atoms with Gasteiger partial charge in [0, 0.05) is 10.9 Å². The van der Waals surface area contributed by atoms with Gasteiger partial charge in [0.05, 0.1) is 17.4 Å². The monoisotopic (exact) mass is 342 g/mol. The number of hydrogen-bond acceptors (Lipinski definition) is 3. The molecule has 2 unspecified atom stereocenters. The largest absolute Gasteiger partial charge is 0.327 e. The number of carbonyl (C=O) groups is 1. The Morgan fingerprint density at radius 1 is 1.38 bits per heavy atom. The molecule has 0 aliphatic carbocycles. The van der Waals surface area contributed by atoms with Gasteiger partial charge in [0.25, 0.3) is 0 Å². The van der Waals surface area contributed by atoms with Gasteiger partial charge in [0.15, 0.2) is 0 Å². The fourth-order valence-electron chi connectivity index (χ4n) is 1.36. The van der Waals surface area contributed by atoms with Crippen LogP contribution in [-0.2, 0) is 4.79 Å². The van der Waals surface area contributed by atoms with Crippen molar-refractivity contribution >= 4 is 35.8 Å². The number of nitrogens with two attached hydrogens (primary N) is 1.